The molecule has 5 nitrogen and oxygen atoms in total. The summed E-state index contributed by atoms with van der Waals surface area (Å²) in [5.41, 5.74) is 2.27. The molecule has 2 N–H and O–H groups in total. The third-order valence-electron chi connectivity index (χ3n) is 16.8. The van der Waals surface area contributed by atoms with Crippen LogP contribution in [0.2, 0.25) is 0 Å². The summed E-state index contributed by atoms with van der Waals surface area (Å²) in [6.45, 7) is 24.6. The standard InChI is InChI=1S/C40H66N2O3/c1-25(2)29-23-30(36(44)41-27-9-8-26(22-27)24-42-18-20-45-21-19-42)28-12-16-39(6)31(35(28)29)10-11-33-38(5)15-14-34(43)37(3,4)32(38)13-17-40(33,39)7/h26-35,43H,1,8-24H2,2-7H3,(H,41,44)/t26?,27?,28?,29-,30+,31+,32-,33+,34-,35+,38-,39+,40+/m0/s1. The monoisotopic (exact) mass is 623 g/mol. The van der Waals surface area contributed by atoms with E-state index in [0.29, 0.717) is 63.7 Å². The minimum absolute atomic E-state index is 0.00265. The maximum Gasteiger partial charge on any atom is 0.223 e. The molecule has 1 heterocycles. The lowest BCUT2D eigenvalue weighted by Crippen LogP contribution is -2.66. The van der Waals surface area contributed by atoms with Crippen molar-refractivity contribution in [3.8, 4) is 0 Å². The molecule has 3 unspecified atom stereocenters. The Hall–Kier alpha value is -0.910. The van der Waals surface area contributed by atoms with Gasteiger partial charge in [-0.1, -0.05) is 46.8 Å². The molecule has 7 fully saturated rings. The van der Waals surface area contributed by atoms with Gasteiger partial charge in [-0.25, -0.2) is 0 Å². The number of carbonyl (C=O) groups excluding carboxylic acids is 1. The van der Waals surface area contributed by atoms with Crippen LogP contribution in [-0.2, 0) is 9.53 Å². The number of allylic oxidation sites excluding steroid dienone is 1. The molecule has 5 heteroatoms. The van der Waals surface area contributed by atoms with Crippen molar-refractivity contribution in [2.75, 3.05) is 32.8 Å². The van der Waals surface area contributed by atoms with E-state index in [4.69, 9.17) is 4.74 Å². The number of carbonyl (C=O) groups is 1. The highest BCUT2D eigenvalue weighted by atomic mass is 16.5. The van der Waals surface area contributed by atoms with E-state index in [1.807, 2.05) is 0 Å². The largest absolute Gasteiger partial charge is 0.393 e. The molecule has 0 bridgehead atoms. The Labute approximate surface area is 275 Å². The summed E-state index contributed by atoms with van der Waals surface area (Å²) in [5, 5.41) is 14.7. The van der Waals surface area contributed by atoms with Crippen molar-refractivity contribution in [1.29, 1.82) is 0 Å². The van der Waals surface area contributed by atoms with E-state index >= 15 is 0 Å². The van der Waals surface area contributed by atoms with Crippen LogP contribution in [-0.4, -0.2) is 60.9 Å². The van der Waals surface area contributed by atoms with Gasteiger partial charge >= 0.3 is 0 Å². The van der Waals surface area contributed by atoms with Crippen LogP contribution in [0.15, 0.2) is 12.2 Å². The average Bonchev–Trinajstić information content (AvgIpc) is 3.60. The van der Waals surface area contributed by atoms with Gasteiger partial charge in [0.05, 0.1) is 19.3 Å². The molecular formula is C40H66N2O3. The first-order chi connectivity index (χ1) is 21.3. The molecule has 0 aromatic rings. The Balaban J connectivity index is 1.07. The van der Waals surface area contributed by atoms with Crippen LogP contribution < -0.4 is 5.32 Å². The number of ether oxygens (including phenoxy) is 1. The number of nitrogens with one attached hydrogen (secondary N) is 1. The van der Waals surface area contributed by atoms with Gasteiger partial charge < -0.3 is 15.2 Å². The number of nitrogens with zero attached hydrogens (tertiary/aromatic N) is 1. The molecule has 0 spiro atoms. The number of rotatable bonds is 5. The molecule has 7 aliphatic rings. The van der Waals surface area contributed by atoms with Crippen LogP contribution in [0, 0.1) is 69.0 Å². The van der Waals surface area contributed by atoms with E-state index in [2.05, 4.69) is 58.3 Å². The molecule has 0 aromatic carbocycles. The molecule has 0 aromatic heterocycles. The van der Waals surface area contributed by atoms with Crippen LogP contribution in [0.25, 0.3) is 0 Å². The summed E-state index contributed by atoms with van der Waals surface area (Å²) in [4.78, 5) is 16.7. The predicted octanol–water partition coefficient (Wildman–Crippen LogP) is 7.48. The Morgan fingerprint density at radius 2 is 1.60 bits per heavy atom. The van der Waals surface area contributed by atoms with Gasteiger partial charge in [0, 0.05) is 31.6 Å². The topological polar surface area (TPSA) is 61.8 Å². The Morgan fingerprint density at radius 1 is 0.867 bits per heavy atom. The van der Waals surface area contributed by atoms with Crippen LogP contribution in [0.1, 0.15) is 119 Å². The molecule has 0 radical (unpaired) electrons. The van der Waals surface area contributed by atoms with Crippen molar-refractivity contribution >= 4 is 5.91 Å². The molecule has 1 aliphatic heterocycles. The van der Waals surface area contributed by atoms with Gasteiger partial charge in [-0.3, -0.25) is 9.69 Å². The van der Waals surface area contributed by atoms with E-state index in [1.54, 1.807) is 0 Å². The fourth-order valence-corrected chi connectivity index (χ4v) is 14.3. The maximum absolute atomic E-state index is 14.2. The highest BCUT2D eigenvalue weighted by Crippen LogP contribution is 2.76. The molecule has 6 saturated carbocycles. The second-order valence-electron chi connectivity index (χ2n) is 18.9. The van der Waals surface area contributed by atoms with Gasteiger partial charge in [0.15, 0.2) is 0 Å². The van der Waals surface area contributed by atoms with Crippen molar-refractivity contribution < 1.29 is 14.6 Å². The van der Waals surface area contributed by atoms with Crippen molar-refractivity contribution in [3.63, 3.8) is 0 Å². The molecule has 1 amide bonds. The summed E-state index contributed by atoms with van der Waals surface area (Å²) < 4.78 is 5.56. The normalized spacial score (nSPS) is 51.0. The number of hydrogen-bond acceptors (Lipinski definition) is 4. The van der Waals surface area contributed by atoms with Gasteiger partial charge in [-0.05, 0) is 147 Å². The van der Waals surface area contributed by atoms with Gasteiger partial charge in [0.2, 0.25) is 5.91 Å². The van der Waals surface area contributed by atoms with Gasteiger partial charge in [0.1, 0.15) is 0 Å². The minimum atomic E-state index is -0.167. The third kappa shape index (κ3) is 5.04. The molecule has 7 rings (SSSR count). The number of amides is 1. The second kappa shape index (κ2) is 11.6. The Morgan fingerprint density at radius 3 is 2.33 bits per heavy atom. The fraction of sp³-hybridized carbons (Fsp3) is 0.925. The number of aliphatic hydroxyl groups is 1. The first kappa shape index (κ1) is 32.6. The predicted molar refractivity (Wildman–Crippen MR) is 181 cm³/mol. The summed E-state index contributed by atoms with van der Waals surface area (Å²) in [6, 6.07) is 0.350. The lowest BCUT2D eigenvalue weighted by molar-refractivity contribution is -0.241. The lowest BCUT2D eigenvalue weighted by Gasteiger charge is -2.72. The SMILES string of the molecule is C=C(C)[C@@H]1C[C@@H](C(=O)NC2CCC(CN3CCOCC3)C2)C2CC[C@]3(C)[C@H](CC[C@@H]4[C@@]5(C)CC[C@H](O)C(C)(C)[C@@H]5CC[C@]43C)[C@H]21. The number of aliphatic hydroxyl groups excluding tert-OH is 1. The quantitative estimate of drug-likeness (QED) is 0.312. The Bertz CT molecular complexity index is 1150. The van der Waals surface area contributed by atoms with Gasteiger partial charge in [-0.2, -0.15) is 0 Å². The minimum Gasteiger partial charge on any atom is -0.393 e. The molecule has 45 heavy (non-hydrogen) atoms. The van der Waals surface area contributed by atoms with Crippen molar-refractivity contribution in [2.45, 2.75) is 131 Å². The van der Waals surface area contributed by atoms with E-state index in [0.717, 1.165) is 57.9 Å². The molecule has 254 valence electrons. The number of hydrogen-bond donors (Lipinski definition) is 2. The van der Waals surface area contributed by atoms with E-state index in [1.165, 1.54) is 63.5 Å². The lowest BCUT2D eigenvalue weighted by atomic mass is 9.33. The number of fused-ring (bicyclic) bond motifs is 7. The Kier molecular flexibility index (Phi) is 8.42. The van der Waals surface area contributed by atoms with Crippen LogP contribution in [0.4, 0.5) is 0 Å². The smallest absolute Gasteiger partial charge is 0.223 e. The molecule has 13 atom stereocenters. The third-order valence-corrected chi connectivity index (χ3v) is 16.8. The maximum atomic E-state index is 14.2. The van der Waals surface area contributed by atoms with E-state index < -0.39 is 0 Å². The zero-order chi connectivity index (χ0) is 31.9. The van der Waals surface area contributed by atoms with Gasteiger partial charge in [-0.15, -0.1) is 0 Å². The molecular weight excluding hydrogens is 556 g/mol. The van der Waals surface area contributed by atoms with Crippen molar-refractivity contribution in [3.05, 3.63) is 12.2 Å². The van der Waals surface area contributed by atoms with Crippen LogP contribution in [0.3, 0.4) is 0 Å². The van der Waals surface area contributed by atoms with E-state index in [-0.39, 0.29) is 17.4 Å². The van der Waals surface area contributed by atoms with Gasteiger partial charge in [0.25, 0.3) is 0 Å². The zero-order valence-electron chi connectivity index (χ0n) is 29.7. The average molecular weight is 623 g/mol. The van der Waals surface area contributed by atoms with E-state index in [9.17, 15) is 9.90 Å². The second-order valence-corrected chi connectivity index (χ2v) is 18.9. The summed E-state index contributed by atoms with van der Waals surface area (Å²) in [6.07, 6.45) is 14.2. The summed E-state index contributed by atoms with van der Waals surface area (Å²) in [5.74, 6) is 4.82. The number of morpholine rings is 1. The van der Waals surface area contributed by atoms with Crippen LogP contribution >= 0.6 is 0 Å². The molecule has 1 saturated heterocycles. The van der Waals surface area contributed by atoms with Crippen molar-refractivity contribution in [1.82, 2.24) is 10.2 Å². The highest BCUT2D eigenvalue weighted by Gasteiger charge is 2.69. The fourth-order valence-electron chi connectivity index (χ4n) is 14.3. The summed E-state index contributed by atoms with van der Waals surface area (Å²) >= 11 is 0. The molecule has 6 aliphatic carbocycles. The first-order valence-corrected chi connectivity index (χ1v) is 19.2. The van der Waals surface area contributed by atoms with Crippen LogP contribution in [0.5, 0.6) is 0 Å². The first-order valence-electron chi connectivity index (χ1n) is 19.2. The highest BCUT2D eigenvalue weighted by molar-refractivity contribution is 5.80. The zero-order valence-corrected chi connectivity index (χ0v) is 29.7. The van der Waals surface area contributed by atoms with Crippen molar-refractivity contribution in [2.24, 2.45) is 69.0 Å². The summed E-state index contributed by atoms with van der Waals surface area (Å²) in [7, 11) is 0.